The SMILES string of the molecule is CC(N)C(=O)NC(C)(C)Cc1ccc(F)c(F)c1. The summed E-state index contributed by atoms with van der Waals surface area (Å²) in [6.45, 7) is 5.19. The van der Waals surface area contributed by atoms with Gasteiger partial charge in [0.2, 0.25) is 5.91 Å². The number of halogens is 2. The molecule has 1 amide bonds. The average molecular weight is 256 g/mol. The molecule has 18 heavy (non-hydrogen) atoms. The van der Waals surface area contributed by atoms with Crippen LogP contribution >= 0.6 is 0 Å². The Morgan fingerprint density at radius 3 is 2.50 bits per heavy atom. The predicted molar refractivity (Wildman–Crippen MR) is 65.9 cm³/mol. The average Bonchev–Trinajstić information content (AvgIpc) is 2.22. The van der Waals surface area contributed by atoms with Gasteiger partial charge in [-0.2, -0.15) is 0 Å². The zero-order valence-electron chi connectivity index (χ0n) is 10.8. The van der Waals surface area contributed by atoms with Crippen molar-refractivity contribution in [2.45, 2.75) is 38.8 Å². The normalized spacial score (nSPS) is 13.2. The second-order valence-corrected chi connectivity index (χ2v) is 5.09. The summed E-state index contributed by atoms with van der Waals surface area (Å²) in [7, 11) is 0. The molecule has 0 spiro atoms. The molecule has 0 bridgehead atoms. The fraction of sp³-hybridized carbons (Fsp3) is 0.462. The standard InChI is InChI=1S/C13H18F2N2O/c1-8(16)12(18)17-13(2,3)7-9-4-5-10(14)11(15)6-9/h4-6,8H,7,16H2,1-3H3,(H,17,18). The Bertz CT molecular complexity index is 445. The highest BCUT2D eigenvalue weighted by atomic mass is 19.2. The molecule has 0 aliphatic heterocycles. The number of amides is 1. The maximum atomic E-state index is 13.1. The Balaban J connectivity index is 2.75. The Hall–Kier alpha value is -1.49. The molecule has 0 radical (unpaired) electrons. The molecule has 0 heterocycles. The number of nitrogens with two attached hydrogens (primary N) is 1. The fourth-order valence-electron chi connectivity index (χ4n) is 1.65. The summed E-state index contributed by atoms with van der Waals surface area (Å²) in [5.74, 6) is -2.04. The van der Waals surface area contributed by atoms with E-state index in [1.54, 1.807) is 20.8 Å². The largest absolute Gasteiger partial charge is 0.350 e. The summed E-state index contributed by atoms with van der Waals surface area (Å²) in [4.78, 5) is 11.5. The number of hydrogen-bond donors (Lipinski definition) is 2. The minimum atomic E-state index is -0.887. The summed E-state index contributed by atoms with van der Waals surface area (Å²) in [5.41, 5.74) is 5.50. The predicted octanol–water partition coefficient (Wildman–Crippen LogP) is 1.75. The molecule has 0 aliphatic rings. The van der Waals surface area contributed by atoms with Crippen LogP contribution in [0.3, 0.4) is 0 Å². The Morgan fingerprint density at radius 2 is 2.00 bits per heavy atom. The van der Waals surface area contributed by atoms with Crippen molar-refractivity contribution in [3.63, 3.8) is 0 Å². The third-order valence-corrected chi connectivity index (χ3v) is 2.51. The first-order valence-electron chi connectivity index (χ1n) is 5.73. The molecule has 1 rings (SSSR count). The van der Waals surface area contributed by atoms with Gasteiger partial charge in [-0.25, -0.2) is 8.78 Å². The Kier molecular flexibility index (Phi) is 4.40. The lowest BCUT2D eigenvalue weighted by Crippen LogP contribution is -2.50. The molecule has 0 saturated carbocycles. The first-order chi connectivity index (χ1) is 8.21. The maximum absolute atomic E-state index is 13.1. The van der Waals surface area contributed by atoms with E-state index < -0.39 is 23.2 Å². The van der Waals surface area contributed by atoms with E-state index in [1.807, 2.05) is 0 Å². The Labute approximate surface area is 105 Å². The van der Waals surface area contributed by atoms with Crippen LogP contribution in [0.5, 0.6) is 0 Å². The van der Waals surface area contributed by atoms with E-state index in [1.165, 1.54) is 6.07 Å². The summed E-state index contributed by atoms with van der Waals surface area (Å²) in [5, 5.41) is 2.76. The van der Waals surface area contributed by atoms with E-state index in [0.29, 0.717) is 12.0 Å². The van der Waals surface area contributed by atoms with Gasteiger partial charge in [-0.15, -0.1) is 0 Å². The highest BCUT2D eigenvalue weighted by Gasteiger charge is 2.22. The van der Waals surface area contributed by atoms with Crippen LogP contribution in [0.25, 0.3) is 0 Å². The van der Waals surface area contributed by atoms with E-state index in [9.17, 15) is 13.6 Å². The molecule has 0 aliphatic carbocycles. The summed E-state index contributed by atoms with van der Waals surface area (Å²) >= 11 is 0. The van der Waals surface area contributed by atoms with Gasteiger partial charge in [-0.1, -0.05) is 6.07 Å². The van der Waals surface area contributed by atoms with Gasteiger partial charge < -0.3 is 11.1 Å². The molecule has 0 saturated heterocycles. The van der Waals surface area contributed by atoms with Crippen LogP contribution in [0.15, 0.2) is 18.2 Å². The number of carbonyl (C=O) groups excluding carboxylic acids is 1. The quantitative estimate of drug-likeness (QED) is 0.862. The lowest BCUT2D eigenvalue weighted by atomic mass is 9.94. The fourth-order valence-corrected chi connectivity index (χ4v) is 1.65. The number of benzene rings is 1. The number of hydrogen-bond acceptors (Lipinski definition) is 2. The second-order valence-electron chi connectivity index (χ2n) is 5.09. The highest BCUT2D eigenvalue weighted by molar-refractivity contribution is 5.81. The third-order valence-electron chi connectivity index (χ3n) is 2.51. The van der Waals surface area contributed by atoms with Crippen molar-refractivity contribution in [3.05, 3.63) is 35.4 Å². The monoisotopic (exact) mass is 256 g/mol. The molecule has 1 unspecified atom stereocenters. The van der Waals surface area contributed by atoms with Gasteiger partial charge in [0.15, 0.2) is 11.6 Å². The molecular formula is C13H18F2N2O. The van der Waals surface area contributed by atoms with Crippen molar-refractivity contribution in [3.8, 4) is 0 Å². The maximum Gasteiger partial charge on any atom is 0.237 e. The van der Waals surface area contributed by atoms with Gasteiger partial charge in [0, 0.05) is 5.54 Å². The summed E-state index contributed by atoms with van der Waals surface area (Å²) in [6.07, 6.45) is 0.392. The van der Waals surface area contributed by atoms with E-state index in [0.717, 1.165) is 12.1 Å². The van der Waals surface area contributed by atoms with Crippen LogP contribution < -0.4 is 11.1 Å². The summed E-state index contributed by atoms with van der Waals surface area (Å²) < 4.78 is 25.8. The van der Waals surface area contributed by atoms with Crippen LogP contribution in [-0.4, -0.2) is 17.5 Å². The van der Waals surface area contributed by atoms with Gasteiger partial charge >= 0.3 is 0 Å². The van der Waals surface area contributed by atoms with Crippen molar-refractivity contribution >= 4 is 5.91 Å². The minimum Gasteiger partial charge on any atom is -0.350 e. The van der Waals surface area contributed by atoms with Crippen LogP contribution in [0.1, 0.15) is 26.3 Å². The molecule has 1 atom stereocenters. The molecule has 100 valence electrons. The zero-order valence-corrected chi connectivity index (χ0v) is 10.8. The van der Waals surface area contributed by atoms with Crippen LogP contribution in [0.4, 0.5) is 8.78 Å². The second kappa shape index (κ2) is 5.44. The van der Waals surface area contributed by atoms with E-state index in [4.69, 9.17) is 5.73 Å². The van der Waals surface area contributed by atoms with Crippen LogP contribution in [-0.2, 0) is 11.2 Å². The van der Waals surface area contributed by atoms with Crippen molar-refractivity contribution < 1.29 is 13.6 Å². The highest BCUT2D eigenvalue weighted by Crippen LogP contribution is 2.15. The van der Waals surface area contributed by atoms with E-state index in [-0.39, 0.29) is 5.91 Å². The lowest BCUT2D eigenvalue weighted by molar-refractivity contribution is -0.123. The van der Waals surface area contributed by atoms with Gasteiger partial charge in [-0.3, -0.25) is 4.79 Å². The van der Waals surface area contributed by atoms with Crippen molar-refractivity contribution in [2.24, 2.45) is 5.73 Å². The van der Waals surface area contributed by atoms with Crippen LogP contribution in [0, 0.1) is 11.6 Å². The molecule has 1 aromatic carbocycles. The molecule has 0 fully saturated rings. The topological polar surface area (TPSA) is 55.1 Å². The van der Waals surface area contributed by atoms with Gasteiger partial charge in [0.1, 0.15) is 0 Å². The smallest absolute Gasteiger partial charge is 0.237 e. The minimum absolute atomic E-state index is 0.275. The first-order valence-corrected chi connectivity index (χ1v) is 5.73. The van der Waals surface area contributed by atoms with Crippen molar-refractivity contribution in [2.75, 3.05) is 0 Å². The number of rotatable bonds is 4. The van der Waals surface area contributed by atoms with Gasteiger partial charge in [0.05, 0.1) is 6.04 Å². The lowest BCUT2D eigenvalue weighted by Gasteiger charge is -2.27. The van der Waals surface area contributed by atoms with E-state index in [2.05, 4.69) is 5.32 Å². The van der Waals surface area contributed by atoms with E-state index >= 15 is 0 Å². The van der Waals surface area contributed by atoms with Gasteiger partial charge in [0.25, 0.3) is 0 Å². The molecule has 5 heteroatoms. The molecular weight excluding hydrogens is 238 g/mol. The number of nitrogens with one attached hydrogen (secondary N) is 1. The van der Waals surface area contributed by atoms with Crippen molar-refractivity contribution in [1.29, 1.82) is 0 Å². The molecule has 3 nitrogen and oxygen atoms in total. The van der Waals surface area contributed by atoms with Gasteiger partial charge in [-0.05, 0) is 44.9 Å². The van der Waals surface area contributed by atoms with Crippen molar-refractivity contribution in [1.82, 2.24) is 5.32 Å². The third kappa shape index (κ3) is 4.07. The molecule has 3 N–H and O–H groups in total. The Morgan fingerprint density at radius 1 is 1.39 bits per heavy atom. The number of carbonyl (C=O) groups is 1. The molecule has 0 aromatic heterocycles. The van der Waals surface area contributed by atoms with Crippen LogP contribution in [0.2, 0.25) is 0 Å². The zero-order chi connectivity index (χ0) is 13.9. The summed E-state index contributed by atoms with van der Waals surface area (Å²) in [6, 6.07) is 3.11. The first kappa shape index (κ1) is 14.6. The molecule has 1 aromatic rings.